The maximum absolute atomic E-state index is 13.8. The van der Waals surface area contributed by atoms with Gasteiger partial charge in [0.1, 0.15) is 5.82 Å². The van der Waals surface area contributed by atoms with E-state index in [-0.39, 0.29) is 29.5 Å². The normalized spacial score (nSPS) is 22.2. The molecule has 1 aromatic carbocycles. The van der Waals surface area contributed by atoms with E-state index in [0.29, 0.717) is 41.8 Å². The summed E-state index contributed by atoms with van der Waals surface area (Å²) in [6.45, 7) is 5.49. The molecule has 1 aliphatic carbocycles. The number of amides is 1. The lowest BCUT2D eigenvalue weighted by Gasteiger charge is -2.37. The third-order valence-electron chi connectivity index (χ3n) is 6.96. The Morgan fingerprint density at radius 2 is 1.84 bits per heavy atom. The van der Waals surface area contributed by atoms with E-state index in [1.165, 1.54) is 18.6 Å². The number of aromatic nitrogens is 4. The standard InChI is InChI=1S/C28H35FN6O3/c1-3-14-30-27-31-15-13-22(33-27)24-23(19-9-11-20(29)12-10-19)34-25(35-24)28(37-16-18(2)17-38-28)26(36)32-21-7-5-4-6-8-21/h9-13,15,18,21H,3-8,14,16-17H2,1-2H3,(H,32,36)(H,34,35)(H,30,31,33). The molecule has 1 saturated heterocycles. The van der Waals surface area contributed by atoms with Crippen molar-refractivity contribution in [2.24, 2.45) is 5.92 Å². The molecule has 2 aliphatic rings. The number of ether oxygens (including phenoxy) is 2. The Morgan fingerprint density at radius 3 is 2.55 bits per heavy atom. The van der Waals surface area contributed by atoms with Crippen LogP contribution in [0.4, 0.5) is 10.3 Å². The van der Waals surface area contributed by atoms with Gasteiger partial charge in [-0.2, -0.15) is 0 Å². The lowest BCUT2D eigenvalue weighted by molar-refractivity contribution is -0.278. The molecule has 202 valence electrons. The first kappa shape index (κ1) is 26.2. The number of anilines is 1. The molecule has 9 nitrogen and oxygen atoms in total. The summed E-state index contributed by atoms with van der Waals surface area (Å²) in [5, 5.41) is 6.35. The molecule has 0 bridgehead atoms. The highest BCUT2D eigenvalue weighted by Crippen LogP contribution is 2.37. The zero-order valence-corrected chi connectivity index (χ0v) is 21.9. The van der Waals surface area contributed by atoms with Gasteiger partial charge in [0.25, 0.3) is 5.91 Å². The van der Waals surface area contributed by atoms with Gasteiger partial charge >= 0.3 is 5.79 Å². The van der Waals surface area contributed by atoms with Crippen molar-refractivity contribution in [3.63, 3.8) is 0 Å². The Balaban J connectivity index is 1.58. The molecular formula is C28H35FN6O3. The fourth-order valence-corrected chi connectivity index (χ4v) is 4.86. The summed E-state index contributed by atoms with van der Waals surface area (Å²) >= 11 is 0. The van der Waals surface area contributed by atoms with Crippen LogP contribution in [0.1, 0.15) is 58.2 Å². The van der Waals surface area contributed by atoms with Gasteiger partial charge in [0.2, 0.25) is 5.95 Å². The Kier molecular flexibility index (Phi) is 7.99. The highest BCUT2D eigenvalue weighted by atomic mass is 19.1. The first-order chi connectivity index (χ1) is 18.5. The van der Waals surface area contributed by atoms with Gasteiger partial charge in [-0.15, -0.1) is 0 Å². The van der Waals surface area contributed by atoms with Crippen LogP contribution in [0.2, 0.25) is 0 Å². The minimum absolute atomic E-state index is 0.0692. The molecule has 2 aromatic heterocycles. The molecule has 0 radical (unpaired) electrons. The van der Waals surface area contributed by atoms with Crippen molar-refractivity contribution >= 4 is 11.9 Å². The molecule has 3 heterocycles. The molecular weight excluding hydrogens is 487 g/mol. The van der Waals surface area contributed by atoms with Crippen molar-refractivity contribution in [1.82, 2.24) is 25.3 Å². The van der Waals surface area contributed by atoms with Crippen molar-refractivity contribution in [2.45, 2.75) is 64.2 Å². The van der Waals surface area contributed by atoms with E-state index in [1.807, 2.05) is 6.92 Å². The first-order valence-electron chi connectivity index (χ1n) is 13.5. The zero-order valence-electron chi connectivity index (χ0n) is 21.9. The number of carbonyl (C=O) groups is 1. The highest BCUT2D eigenvalue weighted by Gasteiger charge is 2.50. The van der Waals surface area contributed by atoms with E-state index in [2.05, 4.69) is 32.5 Å². The molecule has 5 rings (SSSR count). The van der Waals surface area contributed by atoms with E-state index in [9.17, 15) is 9.18 Å². The van der Waals surface area contributed by atoms with Gasteiger partial charge in [-0.05, 0) is 49.6 Å². The molecule has 2 fully saturated rings. The number of carbonyl (C=O) groups excluding carboxylic acids is 1. The second-order valence-corrected chi connectivity index (χ2v) is 10.2. The van der Waals surface area contributed by atoms with Crippen LogP contribution in [0.5, 0.6) is 0 Å². The largest absolute Gasteiger partial charge is 0.354 e. The van der Waals surface area contributed by atoms with Gasteiger partial charge in [-0.3, -0.25) is 4.79 Å². The quantitative estimate of drug-likeness (QED) is 0.390. The van der Waals surface area contributed by atoms with Crippen LogP contribution in [-0.4, -0.2) is 51.6 Å². The molecule has 0 atom stereocenters. The minimum atomic E-state index is -1.73. The second kappa shape index (κ2) is 11.6. The van der Waals surface area contributed by atoms with Gasteiger partial charge in [-0.1, -0.05) is 33.1 Å². The summed E-state index contributed by atoms with van der Waals surface area (Å²) in [6, 6.07) is 7.89. The van der Waals surface area contributed by atoms with E-state index in [4.69, 9.17) is 14.5 Å². The van der Waals surface area contributed by atoms with Gasteiger partial charge in [0.05, 0.1) is 30.3 Å². The topological polar surface area (TPSA) is 114 Å². The number of imidazole rings is 1. The average Bonchev–Trinajstić information content (AvgIpc) is 3.40. The van der Waals surface area contributed by atoms with Crippen LogP contribution in [0.15, 0.2) is 36.5 Å². The highest BCUT2D eigenvalue weighted by molar-refractivity contribution is 5.86. The van der Waals surface area contributed by atoms with E-state index < -0.39 is 5.79 Å². The Labute approximate surface area is 222 Å². The predicted octanol–water partition coefficient (Wildman–Crippen LogP) is 4.78. The number of nitrogens with one attached hydrogen (secondary N) is 3. The van der Waals surface area contributed by atoms with Crippen LogP contribution < -0.4 is 10.6 Å². The Morgan fingerprint density at radius 1 is 1.11 bits per heavy atom. The van der Waals surface area contributed by atoms with E-state index in [1.54, 1.807) is 24.4 Å². The molecule has 38 heavy (non-hydrogen) atoms. The lowest BCUT2D eigenvalue weighted by Crippen LogP contribution is -2.55. The maximum atomic E-state index is 13.8. The average molecular weight is 523 g/mol. The van der Waals surface area contributed by atoms with Crippen LogP contribution in [-0.2, 0) is 20.1 Å². The number of nitrogens with zero attached hydrogens (tertiary/aromatic N) is 3. The Bertz CT molecular complexity index is 1230. The molecule has 10 heteroatoms. The Hall–Kier alpha value is -3.37. The molecule has 3 N–H and O–H groups in total. The molecule has 1 amide bonds. The zero-order chi connectivity index (χ0) is 26.5. The smallest absolute Gasteiger partial charge is 0.310 e. The van der Waals surface area contributed by atoms with Crippen molar-refractivity contribution in [1.29, 1.82) is 0 Å². The van der Waals surface area contributed by atoms with Crippen LogP contribution in [0.25, 0.3) is 22.6 Å². The monoisotopic (exact) mass is 522 g/mol. The van der Waals surface area contributed by atoms with Gasteiger partial charge in [-0.25, -0.2) is 19.3 Å². The van der Waals surface area contributed by atoms with Crippen LogP contribution >= 0.6 is 0 Å². The molecule has 0 spiro atoms. The van der Waals surface area contributed by atoms with Gasteiger partial charge < -0.3 is 25.1 Å². The fraction of sp³-hybridized carbons (Fsp3) is 0.500. The molecule has 0 unspecified atom stereocenters. The number of aromatic amines is 1. The second-order valence-electron chi connectivity index (χ2n) is 10.2. The van der Waals surface area contributed by atoms with Crippen LogP contribution in [0, 0.1) is 11.7 Å². The summed E-state index contributed by atoms with van der Waals surface area (Å²) in [6.07, 6.45) is 7.79. The summed E-state index contributed by atoms with van der Waals surface area (Å²) in [4.78, 5) is 30.9. The van der Waals surface area contributed by atoms with Gasteiger partial charge in [0.15, 0.2) is 5.82 Å². The number of halogens is 1. The predicted molar refractivity (Wildman–Crippen MR) is 142 cm³/mol. The number of benzene rings is 1. The summed E-state index contributed by atoms with van der Waals surface area (Å²) < 4.78 is 26.1. The van der Waals surface area contributed by atoms with Crippen molar-refractivity contribution < 1.29 is 18.7 Å². The molecule has 1 saturated carbocycles. The molecule has 3 aromatic rings. The number of H-pyrrole nitrogens is 1. The van der Waals surface area contributed by atoms with Crippen molar-refractivity contribution in [3.05, 3.63) is 48.2 Å². The first-order valence-corrected chi connectivity index (χ1v) is 13.5. The maximum Gasteiger partial charge on any atom is 0.310 e. The summed E-state index contributed by atoms with van der Waals surface area (Å²) in [7, 11) is 0. The minimum Gasteiger partial charge on any atom is -0.354 e. The number of hydrogen-bond donors (Lipinski definition) is 3. The lowest BCUT2D eigenvalue weighted by atomic mass is 9.95. The van der Waals surface area contributed by atoms with Gasteiger partial charge in [0, 0.05) is 30.3 Å². The van der Waals surface area contributed by atoms with E-state index in [0.717, 1.165) is 38.6 Å². The third-order valence-corrected chi connectivity index (χ3v) is 6.96. The summed E-state index contributed by atoms with van der Waals surface area (Å²) in [5.41, 5.74) is 2.31. The number of rotatable bonds is 8. The number of hydrogen-bond acceptors (Lipinski definition) is 7. The molecule has 1 aliphatic heterocycles. The SMILES string of the molecule is CCCNc1nccc(-c2[nH]c(C3(C(=O)NC4CCCCC4)OCC(C)CO3)nc2-c2ccc(F)cc2)n1. The third kappa shape index (κ3) is 5.56. The van der Waals surface area contributed by atoms with Crippen molar-refractivity contribution in [3.8, 4) is 22.6 Å². The fourth-order valence-electron chi connectivity index (χ4n) is 4.86. The van der Waals surface area contributed by atoms with Crippen molar-refractivity contribution in [2.75, 3.05) is 25.1 Å². The summed E-state index contributed by atoms with van der Waals surface area (Å²) in [5.74, 6) is -1.60. The van der Waals surface area contributed by atoms with Crippen LogP contribution in [0.3, 0.4) is 0 Å². The van der Waals surface area contributed by atoms with E-state index >= 15 is 0 Å².